The molecule has 3 aromatic rings. The van der Waals surface area contributed by atoms with Crippen LogP contribution in [0.3, 0.4) is 0 Å². The standard InChI is InChI=1S/C15H15N3O2S2/c1-10-4-6-13(7-5-10)22(19,20)17-15-16-14-9-11(2)8-12(3)18(14)21-15/h4-9H,1-3H3. The molecular formula is C15H15N3O2S2. The van der Waals surface area contributed by atoms with Gasteiger partial charge < -0.3 is 0 Å². The summed E-state index contributed by atoms with van der Waals surface area (Å²) in [6, 6.07) is 10.5. The molecule has 2 heterocycles. The van der Waals surface area contributed by atoms with E-state index in [-0.39, 0.29) is 9.70 Å². The van der Waals surface area contributed by atoms with Gasteiger partial charge in [-0.1, -0.05) is 17.7 Å². The summed E-state index contributed by atoms with van der Waals surface area (Å²) in [6.45, 7) is 5.84. The Balaban J connectivity index is 2.15. The highest BCUT2D eigenvalue weighted by Crippen LogP contribution is 2.14. The smallest absolute Gasteiger partial charge is 0.250 e. The normalized spacial score (nSPS) is 13.0. The summed E-state index contributed by atoms with van der Waals surface area (Å²) in [6.07, 6.45) is 0. The molecule has 0 N–H and O–H groups in total. The van der Waals surface area contributed by atoms with Crippen molar-refractivity contribution in [3.63, 3.8) is 0 Å². The molecule has 0 saturated heterocycles. The average Bonchev–Trinajstić information content (AvgIpc) is 2.81. The number of hydrogen-bond acceptors (Lipinski definition) is 4. The Morgan fingerprint density at radius 3 is 2.41 bits per heavy atom. The van der Waals surface area contributed by atoms with Crippen LogP contribution in [0.5, 0.6) is 0 Å². The third-order valence-corrected chi connectivity index (χ3v) is 5.62. The summed E-state index contributed by atoms with van der Waals surface area (Å²) in [5, 5.41) is 0. The number of fused-ring (bicyclic) bond motifs is 1. The zero-order valence-corrected chi connectivity index (χ0v) is 14.1. The lowest BCUT2D eigenvalue weighted by Gasteiger charge is -1.98. The van der Waals surface area contributed by atoms with Crippen LogP contribution in [0.2, 0.25) is 0 Å². The summed E-state index contributed by atoms with van der Waals surface area (Å²) < 4.78 is 30.4. The number of rotatable bonds is 2. The van der Waals surface area contributed by atoms with E-state index in [9.17, 15) is 8.42 Å². The van der Waals surface area contributed by atoms with Gasteiger partial charge in [-0.2, -0.15) is 13.4 Å². The van der Waals surface area contributed by atoms with E-state index in [1.807, 2.05) is 36.7 Å². The maximum atomic E-state index is 12.3. The van der Waals surface area contributed by atoms with Gasteiger partial charge in [-0.15, -0.1) is 4.40 Å². The van der Waals surface area contributed by atoms with Gasteiger partial charge in [0.25, 0.3) is 10.0 Å². The van der Waals surface area contributed by atoms with Crippen molar-refractivity contribution in [3.8, 4) is 0 Å². The molecule has 3 rings (SSSR count). The molecule has 0 fully saturated rings. The molecule has 114 valence electrons. The van der Waals surface area contributed by atoms with Crippen molar-refractivity contribution in [3.05, 3.63) is 58.0 Å². The number of aryl methyl sites for hydroxylation is 3. The van der Waals surface area contributed by atoms with Crippen LogP contribution in [0.4, 0.5) is 0 Å². The topological polar surface area (TPSA) is 63.8 Å². The Labute approximate surface area is 132 Å². The molecule has 0 aliphatic carbocycles. The van der Waals surface area contributed by atoms with Gasteiger partial charge >= 0.3 is 0 Å². The second-order valence-corrected chi connectivity index (χ2v) is 7.71. The van der Waals surface area contributed by atoms with Crippen molar-refractivity contribution in [1.29, 1.82) is 0 Å². The third kappa shape index (κ3) is 2.82. The monoisotopic (exact) mass is 333 g/mol. The fourth-order valence-corrected chi connectivity index (χ4v) is 4.11. The van der Waals surface area contributed by atoms with Crippen molar-refractivity contribution in [1.82, 2.24) is 8.77 Å². The second kappa shape index (κ2) is 5.33. The predicted octanol–water partition coefficient (Wildman–Crippen LogP) is 2.61. The minimum atomic E-state index is -3.74. The summed E-state index contributed by atoms with van der Waals surface area (Å²) in [5.74, 6) is 0. The van der Waals surface area contributed by atoms with Crippen molar-refractivity contribution < 1.29 is 8.42 Å². The number of benzene rings is 1. The Morgan fingerprint density at radius 1 is 1.05 bits per heavy atom. The van der Waals surface area contributed by atoms with Gasteiger partial charge in [-0.05, 0) is 62.1 Å². The lowest BCUT2D eigenvalue weighted by atomic mass is 10.2. The molecule has 1 aromatic carbocycles. The zero-order chi connectivity index (χ0) is 15.9. The minimum Gasteiger partial charge on any atom is -0.250 e. The molecule has 0 bridgehead atoms. The first kappa shape index (κ1) is 14.9. The average molecular weight is 333 g/mol. The Kier molecular flexibility index (Phi) is 3.62. The first-order chi connectivity index (χ1) is 10.3. The molecule has 0 atom stereocenters. The fourth-order valence-electron chi connectivity index (χ4n) is 2.17. The highest BCUT2D eigenvalue weighted by molar-refractivity contribution is 7.90. The largest absolute Gasteiger partial charge is 0.285 e. The molecule has 0 aliphatic heterocycles. The van der Waals surface area contributed by atoms with Crippen LogP contribution >= 0.6 is 11.5 Å². The molecule has 0 unspecified atom stereocenters. The maximum absolute atomic E-state index is 12.3. The second-order valence-electron chi connectivity index (χ2n) is 5.19. The Morgan fingerprint density at radius 2 is 1.73 bits per heavy atom. The van der Waals surface area contributed by atoms with Crippen LogP contribution < -0.4 is 4.80 Å². The van der Waals surface area contributed by atoms with E-state index in [0.29, 0.717) is 5.65 Å². The molecule has 0 saturated carbocycles. The lowest BCUT2D eigenvalue weighted by Crippen LogP contribution is -2.05. The highest BCUT2D eigenvalue weighted by Gasteiger charge is 2.13. The zero-order valence-electron chi connectivity index (χ0n) is 12.4. The van der Waals surface area contributed by atoms with Crippen molar-refractivity contribution in [2.24, 2.45) is 4.40 Å². The molecule has 0 aliphatic rings. The maximum Gasteiger partial charge on any atom is 0.285 e. The van der Waals surface area contributed by atoms with E-state index in [1.54, 1.807) is 24.3 Å². The number of hydrogen-bond donors (Lipinski definition) is 0. The van der Waals surface area contributed by atoms with Gasteiger partial charge in [0.15, 0.2) is 0 Å². The summed E-state index contributed by atoms with van der Waals surface area (Å²) >= 11 is 1.22. The highest BCUT2D eigenvalue weighted by atomic mass is 32.2. The molecule has 0 radical (unpaired) electrons. The van der Waals surface area contributed by atoms with Gasteiger partial charge in [0, 0.05) is 5.69 Å². The molecular weight excluding hydrogens is 318 g/mol. The van der Waals surface area contributed by atoms with E-state index in [1.165, 1.54) is 11.5 Å². The molecule has 7 heteroatoms. The number of sulfonamides is 1. The Hall–Kier alpha value is -1.99. The lowest BCUT2D eigenvalue weighted by molar-refractivity contribution is 0.596. The van der Waals surface area contributed by atoms with Crippen molar-refractivity contribution in [2.75, 3.05) is 0 Å². The Bertz CT molecular complexity index is 1010. The van der Waals surface area contributed by atoms with E-state index in [2.05, 4.69) is 9.38 Å². The fraction of sp³-hybridized carbons (Fsp3) is 0.200. The first-order valence-corrected chi connectivity index (χ1v) is 8.91. The molecule has 5 nitrogen and oxygen atoms in total. The summed E-state index contributed by atoms with van der Waals surface area (Å²) in [7, 11) is -3.74. The van der Waals surface area contributed by atoms with E-state index in [4.69, 9.17) is 0 Å². The number of nitrogens with zero attached hydrogens (tertiary/aromatic N) is 3. The number of aromatic nitrogens is 2. The summed E-state index contributed by atoms with van der Waals surface area (Å²) in [4.78, 5) is 4.71. The van der Waals surface area contributed by atoms with Crippen LogP contribution in [0.25, 0.3) is 5.65 Å². The quantitative estimate of drug-likeness (QED) is 0.724. The van der Waals surface area contributed by atoms with Crippen LogP contribution in [0.15, 0.2) is 45.7 Å². The first-order valence-electron chi connectivity index (χ1n) is 6.70. The van der Waals surface area contributed by atoms with E-state index in [0.717, 1.165) is 16.8 Å². The van der Waals surface area contributed by atoms with E-state index < -0.39 is 10.0 Å². The minimum absolute atomic E-state index is 0.176. The molecule has 0 spiro atoms. The molecule has 2 aromatic heterocycles. The van der Waals surface area contributed by atoms with E-state index >= 15 is 0 Å². The number of pyridine rings is 1. The van der Waals surface area contributed by atoms with Crippen molar-refractivity contribution in [2.45, 2.75) is 25.7 Å². The van der Waals surface area contributed by atoms with Crippen LogP contribution in [-0.4, -0.2) is 17.2 Å². The SMILES string of the molecule is Cc1ccc(S(=O)(=O)N=c2nc3cc(C)cc(C)n3s2)cc1. The van der Waals surface area contributed by atoms with Crippen molar-refractivity contribution >= 4 is 27.2 Å². The van der Waals surface area contributed by atoms with Gasteiger partial charge in [0.05, 0.1) is 4.90 Å². The van der Waals surface area contributed by atoms with Crippen LogP contribution in [0, 0.1) is 20.8 Å². The third-order valence-electron chi connectivity index (χ3n) is 3.22. The van der Waals surface area contributed by atoms with Gasteiger partial charge in [-0.3, -0.25) is 3.79 Å². The van der Waals surface area contributed by atoms with Crippen LogP contribution in [0.1, 0.15) is 16.8 Å². The molecule has 22 heavy (non-hydrogen) atoms. The van der Waals surface area contributed by atoms with Gasteiger partial charge in [0.2, 0.25) is 4.80 Å². The summed E-state index contributed by atoms with van der Waals surface area (Å²) in [5.41, 5.74) is 3.79. The van der Waals surface area contributed by atoms with Crippen LogP contribution in [-0.2, 0) is 10.0 Å². The van der Waals surface area contributed by atoms with Gasteiger partial charge in [-0.25, -0.2) is 0 Å². The molecule has 0 amide bonds. The predicted molar refractivity (Wildman–Crippen MR) is 86.5 cm³/mol. The van der Waals surface area contributed by atoms with Gasteiger partial charge in [0.1, 0.15) is 5.65 Å².